The smallest absolute Gasteiger partial charge is 0.204 e. The monoisotopic (exact) mass is 1050 g/mol. The second kappa shape index (κ2) is 19.9. The molecule has 1 heterocycles. The molecule has 0 radical (unpaired) electrons. The minimum absolute atomic E-state index is 0.0304. The molecule has 0 amide bonds. The molecule has 0 fully saturated rings. The van der Waals surface area contributed by atoms with Gasteiger partial charge in [0, 0.05) is 19.8 Å². The van der Waals surface area contributed by atoms with Crippen LogP contribution in [0.3, 0.4) is 0 Å². The fourth-order valence-electron chi connectivity index (χ4n) is 13.0. The highest BCUT2D eigenvalue weighted by atomic mass is 32.1. The summed E-state index contributed by atoms with van der Waals surface area (Å²) in [6, 6.07) is 57.5. The lowest BCUT2D eigenvalue weighted by molar-refractivity contribution is 0.589. The summed E-state index contributed by atoms with van der Waals surface area (Å²) >= 11 is 1.77. The van der Waals surface area contributed by atoms with Crippen LogP contribution in [0.4, 0.5) is 0 Å². The molecule has 0 aliphatic carbocycles. The predicted octanol–water partition coefficient (Wildman–Crippen LogP) is 19.5. The average Bonchev–Trinajstić information content (AvgIpc) is 4.04. The molecule has 0 spiro atoms. The van der Waals surface area contributed by atoms with Gasteiger partial charge in [0.1, 0.15) is 5.70 Å². The second-order valence-corrected chi connectivity index (χ2v) is 25.3. The molecule has 11 aromatic rings. The molecule has 0 saturated heterocycles. The zero-order valence-electron chi connectivity index (χ0n) is 48.3. The molecule has 0 saturated carbocycles. The number of benzene rings is 10. The van der Waals surface area contributed by atoms with Crippen LogP contribution in [0.2, 0.25) is 0 Å². The van der Waals surface area contributed by atoms with E-state index in [0.717, 1.165) is 106 Å². The molecule has 390 valence electrons. The van der Waals surface area contributed by atoms with E-state index in [1.807, 2.05) is 0 Å². The minimum Gasteiger partial charge on any atom is -0.204 e. The van der Waals surface area contributed by atoms with E-state index in [1.54, 1.807) is 11.3 Å². The van der Waals surface area contributed by atoms with Gasteiger partial charge < -0.3 is 0 Å². The SMILES string of the molecule is Cc1cc(C(C)(C)C)cc(C)c1-c1c2ccccc2c(C(N=N)=c2c(C)cc(=c3ccc(=c4cc(C)c(=C([N+]#N)c5c6ccccc6c(-c6c(C)cc(C(C)(C)C)cc6C)c6ccccc56)c(C)c4)s3)cc2C)c2ccccc12. The van der Waals surface area contributed by atoms with E-state index in [9.17, 15) is 5.39 Å². The summed E-state index contributed by atoms with van der Waals surface area (Å²) in [5.41, 5.74) is 29.0. The van der Waals surface area contributed by atoms with Crippen molar-refractivity contribution in [3.8, 4) is 22.3 Å². The van der Waals surface area contributed by atoms with Crippen LogP contribution < -0.4 is 10.4 Å². The third-order valence-electron chi connectivity index (χ3n) is 16.6. The van der Waals surface area contributed by atoms with Gasteiger partial charge in [-0.2, -0.15) is 5.11 Å². The van der Waals surface area contributed by atoms with E-state index in [0.29, 0.717) is 11.4 Å². The first-order valence-corrected chi connectivity index (χ1v) is 28.4. The van der Waals surface area contributed by atoms with Gasteiger partial charge in [0.15, 0.2) is 4.98 Å². The molecule has 0 aliphatic rings. The topological polar surface area (TPSA) is 64.4 Å². The third kappa shape index (κ3) is 8.97. The van der Waals surface area contributed by atoms with Gasteiger partial charge in [-0.1, -0.05) is 163 Å². The maximum atomic E-state index is 11.2. The normalized spacial score (nSPS) is 12.0. The Morgan fingerprint density at radius 2 is 0.696 bits per heavy atom. The number of fused-ring (bicyclic) bond motifs is 4. The summed E-state index contributed by atoms with van der Waals surface area (Å²) in [7, 11) is 0. The molecule has 4 nitrogen and oxygen atoms in total. The molecule has 1 N–H and O–H groups in total. The Balaban J connectivity index is 1.08. The Morgan fingerprint density at radius 1 is 0.392 bits per heavy atom. The van der Waals surface area contributed by atoms with Gasteiger partial charge in [0.05, 0.1) is 10.8 Å². The maximum absolute atomic E-state index is 11.2. The molecule has 11 rings (SSSR count). The van der Waals surface area contributed by atoms with E-state index in [1.165, 1.54) is 55.6 Å². The number of rotatable bonds is 5. The van der Waals surface area contributed by atoms with Crippen molar-refractivity contribution in [2.45, 2.75) is 108 Å². The van der Waals surface area contributed by atoms with Crippen LogP contribution in [0, 0.1) is 85.8 Å². The number of diazo groups is 1. The Bertz CT molecular complexity index is 4580. The predicted molar refractivity (Wildman–Crippen MR) is 336 cm³/mol. The number of thiophene rings is 1. The van der Waals surface area contributed by atoms with E-state index in [2.05, 4.69) is 265 Å². The van der Waals surface area contributed by atoms with Crippen molar-refractivity contribution in [1.29, 1.82) is 10.9 Å². The number of hydrogen-bond donors (Lipinski definition) is 1. The highest BCUT2D eigenvalue weighted by Crippen LogP contribution is 2.47. The van der Waals surface area contributed by atoms with Gasteiger partial charge in [-0.3, -0.25) is 0 Å². The van der Waals surface area contributed by atoms with Crippen LogP contribution in [0.5, 0.6) is 0 Å². The van der Waals surface area contributed by atoms with Crippen LogP contribution in [0.1, 0.15) is 108 Å². The quantitative estimate of drug-likeness (QED) is 0.104. The molecule has 10 aromatic carbocycles. The zero-order chi connectivity index (χ0) is 56.0. The van der Waals surface area contributed by atoms with Crippen LogP contribution in [-0.2, 0) is 10.8 Å². The number of nitrogens with zero attached hydrogens (tertiary/aromatic N) is 3. The lowest BCUT2D eigenvalue weighted by Crippen LogP contribution is -2.15. The van der Waals surface area contributed by atoms with Crippen LogP contribution >= 0.6 is 11.3 Å². The highest BCUT2D eigenvalue weighted by molar-refractivity contribution is 7.08. The molecule has 0 unspecified atom stereocenters. The summed E-state index contributed by atoms with van der Waals surface area (Å²) in [4.78, 5) is 4.19. The van der Waals surface area contributed by atoms with Gasteiger partial charge in [-0.15, -0.1) is 11.3 Å². The molecule has 1 aromatic heterocycles. The van der Waals surface area contributed by atoms with Crippen LogP contribution in [-0.4, -0.2) is 0 Å². The van der Waals surface area contributed by atoms with Gasteiger partial charge in [0.25, 0.3) is 0 Å². The Morgan fingerprint density at radius 3 is 1.00 bits per heavy atom. The van der Waals surface area contributed by atoms with Crippen molar-refractivity contribution in [2.24, 2.45) is 5.11 Å². The summed E-state index contributed by atoms with van der Waals surface area (Å²) in [6.07, 6.45) is 0. The molecule has 5 heteroatoms. The van der Waals surface area contributed by atoms with Gasteiger partial charge in [-0.25, -0.2) is 5.53 Å². The Hall–Kier alpha value is -8.30. The summed E-state index contributed by atoms with van der Waals surface area (Å²) in [6.45, 7) is 31.2. The van der Waals surface area contributed by atoms with Gasteiger partial charge in [-0.05, 0) is 234 Å². The fraction of sp³-hybridized carbons (Fsp3) is 0.216. The van der Waals surface area contributed by atoms with Crippen LogP contribution in [0.25, 0.3) is 81.7 Å². The van der Waals surface area contributed by atoms with E-state index in [-0.39, 0.29) is 10.8 Å². The summed E-state index contributed by atoms with van der Waals surface area (Å²) < 4.78 is 2.32. The number of nitrogens with one attached hydrogen (secondary N) is 1. The van der Waals surface area contributed by atoms with Crippen LogP contribution in [0.15, 0.2) is 163 Å². The van der Waals surface area contributed by atoms with Crippen molar-refractivity contribution in [1.82, 2.24) is 0 Å². The largest absolute Gasteiger partial charge is 0.401 e. The number of aryl methyl sites for hydroxylation is 8. The van der Waals surface area contributed by atoms with Crippen molar-refractivity contribution in [2.75, 3.05) is 0 Å². The first-order valence-electron chi connectivity index (χ1n) is 27.6. The Labute approximate surface area is 468 Å². The average molecular weight is 1050 g/mol. The molecular weight excluding hydrogens is 977 g/mol. The van der Waals surface area contributed by atoms with Gasteiger partial charge in [0.2, 0.25) is 5.39 Å². The standard InChI is InChI=1S/C74H69N4S/c1-41-33-49(34-42(2)65(41)71(77-75)69-57-27-19-15-23-53(57)67(54-24-16-20-28-58(54)69)63-45(5)37-51(38-46(63)6)73(9,10)11)61-31-32-62(79-61)50-35-43(3)66(44(4)36-50)72(78-76)70-59-29-21-17-25-55(59)68(56-26-18-22-30-60(56)70)64-47(7)39-52(40-48(64)8)74(12,13)14/h15-40,75H,1-14H3/q+1. The molecule has 79 heavy (non-hydrogen) atoms. The molecule has 0 aliphatic heterocycles. The fourth-order valence-corrected chi connectivity index (χ4v) is 13.9. The van der Waals surface area contributed by atoms with Crippen molar-refractivity contribution in [3.63, 3.8) is 0 Å². The minimum atomic E-state index is 0.0304. The van der Waals surface area contributed by atoms with E-state index < -0.39 is 0 Å². The molecule has 0 bridgehead atoms. The van der Waals surface area contributed by atoms with Crippen molar-refractivity contribution in [3.05, 3.63) is 259 Å². The Kier molecular flexibility index (Phi) is 13.3. The lowest BCUT2D eigenvalue weighted by Gasteiger charge is -2.24. The van der Waals surface area contributed by atoms with Gasteiger partial charge >= 0.3 is 5.70 Å². The van der Waals surface area contributed by atoms with E-state index in [4.69, 9.17) is 5.53 Å². The van der Waals surface area contributed by atoms with Crippen molar-refractivity contribution < 1.29 is 0 Å². The first kappa shape index (κ1) is 52.7. The number of hydrogen-bond acceptors (Lipinski definition) is 4. The first-order chi connectivity index (χ1) is 37.7. The zero-order valence-corrected chi connectivity index (χ0v) is 49.1. The lowest BCUT2D eigenvalue weighted by atomic mass is 9.80. The van der Waals surface area contributed by atoms with E-state index >= 15 is 0 Å². The highest BCUT2D eigenvalue weighted by Gasteiger charge is 2.29. The molecule has 0 atom stereocenters. The van der Waals surface area contributed by atoms with Crippen molar-refractivity contribution >= 4 is 65.8 Å². The molecular formula is C74H69N4S+. The maximum Gasteiger partial charge on any atom is 0.401 e. The summed E-state index contributed by atoms with van der Waals surface area (Å²) in [5.74, 6) is 0. The second-order valence-electron chi connectivity index (χ2n) is 24.2. The third-order valence-corrected chi connectivity index (χ3v) is 17.7. The summed E-state index contributed by atoms with van der Waals surface area (Å²) in [5, 5.41) is 28.7.